The molecular formula is C30H17BN2O2S2. The average Bonchev–Trinajstić information content (AvgIpc) is 2.95. The number of hydrogen-bond donors (Lipinski definition) is 0. The third-order valence-electron chi connectivity index (χ3n) is 7.97. The Hall–Kier alpha value is -3.62. The zero-order valence-corrected chi connectivity index (χ0v) is 21.1. The first-order valence-corrected chi connectivity index (χ1v) is 14.5. The average molecular weight is 512 g/mol. The molecule has 2 atom stereocenters. The summed E-state index contributed by atoms with van der Waals surface area (Å²) in [5, 5.41) is 0. The Morgan fingerprint density at radius 3 is 1.38 bits per heavy atom. The number of fused-ring (bicyclic) bond motifs is 8. The fourth-order valence-electron chi connectivity index (χ4n) is 6.60. The van der Waals surface area contributed by atoms with Gasteiger partial charge in [-0.2, -0.15) is 0 Å². The van der Waals surface area contributed by atoms with E-state index in [4.69, 9.17) is 0 Å². The van der Waals surface area contributed by atoms with Crippen LogP contribution >= 0.6 is 0 Å². The molecule has 0 aromatic heterocycles. The van der Waals surface area contributed by atoms with E-state index < -0.39 is 22.4 Å². The van der Waals surface area contributed by atoms with Crippen LogP contribution in [-0.2, 0) is 22.4 Å². The lowest BCUT2D eigenvalue weighted by Gasteiger charge is -2.46. The predicted molar refractivity (Wildman–Crippen MR) is 150 cm³/mol. The summed E-state index contributed by atoms with van der Waals surface area (Å²) >= 11 is -2.53. The van der Waals surface area contributed by atoms with Crippen LogP contribution in [0.4, 0.5) is 34.1 Å². The summed E-state index contributed by atoms with van der Waals surface area (Å²) in [6, 6.07) is 34.9. The molecule has 0 radical (unpaired) electrons. The van der Waals surface area contributed by atoms with Crippen LogP contribution in [0.25, 0.3) is 0 Å². The molecule has 5 aromatic rings. The van der Waals surface area contributed by atoms with Crippen LogP contribution in [0.1, 0.15) is 0 Å². The van der Waals surface area contributed by atoms with E-state index in [1.807, 2.05) is 60.7 Å². The van der Waals surface area contributed by atoms with Crippen LogP contribution in [0.3, 0.4) is 0 Å². The molecule has 5 aromatic carbocycles. The Morgan fingerprint density at radius 1 is 0.459 bits per heavy atom. The van der Waals surface area contributed by atoms with E-state index in [0.29, 0.717) is 0 Å². The molecule has 0 N–H and O–H groups in total. The summed E-state index contributed by atoms with van der Waals surface area (Å²) < 4.78 is 27.5. The highest BCUT2D eigenvalue weighted by Crippen LogP contribution is 2.53. The van der Waals surface area contributed by atoms with Crippen molar-refractivity contribution in [2.24, 2.45) is 0 Å². The molecule has 0 spiro atoms. The first kappa shape index (κ1) is 20.4. The largest absolute Gasteiger partial charge is 0.606 e. The van der Waals surface area contributed by atoms with E-state index in [9.17, 15) is 9.11 Å². The molecule has 4 aliphatic rings. The van der Waals surface area contributed by atoms with Gasteiger partial charge in [0.2, 0.25) is 0 Å². The van der Waals surface area contributed by atoms with E-state index in [0.717, 1.165) is 64.6 Å². The fraction of sp³-hybridized carbons (Fsp3) is 0. The van der Waals surface area contributed by atoms with Gasteiger partial charge in [0, 0.05) is 33.7 Å². The Bertz CT molecular complexity index is 1700. The summed E-state index contributed by atoms with van der Waals surface area (Å²) in [5.74, 6) is 0. The number of benzene rings is 5. The molecule has 4 nitrogen and oxygen atoms in total. The summed E-state index contributed by atoms with van der Waals surface area (Å²) in [5.41, 5.74) is 9.66. The molecule has 4 heterocycles. The third kappa shape index (κ3) is 2.37. The molecule has 37 heavy (non-hydrogen) atoms. The van der Waals surface area contributed by atoms with Crippen LogP contribution in [0.5, 0.6) is 0 Å². The maximum absolute atomic E-state index is 13.8. The first-order chi connectivity index (χ1) is 18.2. The topological polar surface area (TPSA) is 52.6 Å². The molecule has 2 unspecified atom stereocenters. The highest BCUT2D eigenvalue weighted by Gasteiger charge is 2.50. The molecule has 0 aliphatic carbocycles. The van der Waals surface area contributed by atoms with Gasteiger partial charge < -0.3 is 18.9 Å². The maximum atomic E-state index is 13.8. The van der Waals surface area contributed by atoms with Crippen molar-refractivity contribution in [3.63, 3.8) is 0 Å². The summed E-state index contributed by atoms with van der Waals surface area (Å²) in [4.78, 5) is 7.96. The maximum Gasteiger partial charge on any atom is 0.252 e. The second-order valence-electron chi connectivity index (χ2n) is 9.67. The van der Waals surface area contributed by atoms with Crippen molar-refractivity contribution in [3.8, 4) is 0 Å². The predicted octanol–water partition coefficient (Wildman–Crippen LogP) is 4.73. The highest BCUT2D eigenvalue weighted by atomic mass is 32.2. The van der Waals surface area contributed by atoms with Crippen molar-refractivity contribution in [2.45, 2.75) is 19.6 Å². The number of para-hydroxylation sites is 4. The van der Waals surface area contributed by atoms with E-state index >= 15 is 0 Å². The normalized spacial score (nSPS) is 18.9. The molecule has 0 saturated carbocycles. The van der Waals surface area contributed by atoms with Crippen LogP contribution < -0.4 is 26.2 Å². The minimum absolute atomic E-state index is 0.0480. The number of anilines is 6. The van der Waals surface area contributed by atoms with Gasteiger partial charge in [0.1, 0.15) is 11.4 Å². The van der Waals surface area contributed by atoms with Crippen molar-refractivity contribution in [1.29, 1.82) is 0 Å². The van der Waals surface area contributed by atoms with Crippen molar-refractivity contribution < 1.29 is 9.11 Å². The van der Waals surface area contributed by atoms with Gasteiger partial charge in [0.15, 0.2) is 19.6 Å². The highest BCUT2D eigenvalue weighted by molar-refractivity contribution is 7.92. The van der Waals surface area contributed by atoms with E-state index in [1.54, 1.807) is 0 Å². The number of rotatable bonds is 0. The van der Waals surface area contributed by atoms with Gasteiger partial charge in [-0.05, 0) is 64.9 Å². The second kappa shape index (κ2) is 7.03. The van der Waals surface area contributed by atoms with Crippen LogP contribution in [0.15, 0.2) is 123 Å². The second-order valence-corrected chi connectivity index (χ2v) is 12.5. The molecule has 4 aliphatic heterocycles. The van der Waals surface area contributed by atoms with Crippen molar-refractivity contribution in [1.82, 2.24) is 0 Å². The zero-order chi connectivity index (χ0) is 24.4. The SMILES string of the molecule is [O-][S+]1c2ccccc2N2c3cccc4c3B(c3cccc1c32)c1cccc2c1N4c1ccccc1[S+]2[O-]. The summed E-state index contributed by atoms with van der Waals surface area (Å²) in [6.07, 6.45) is 0. The molecule has 0 bridgehead atoms. The Morgan fingerprint density at radius 2 is 0.865 bits per heavy atom. The molecule has 9 rings (SSSR count). The molecular weight excluding hydrogens is 495 g/mol. The van der Waals surface area contributed by atoms with Gasteiger partial charge in [-0.25, -0.2) is 0 Å². The van der Waals surface area contributed by atoms with Crippen molar-refractivity contribution in [3.05, 3.63) is 103 Å². The Balaban J connectivity index is 1.44. The van der Waals surface area contributed by atoms with E-state index in [1.165, 1.54) is 5.46 Å². The molecule has 0 amide bonds. The van der Waals surface area contributed by atoms with Gasteiger partial charge in [0.25, 0.3) is 6.71 Å². The van der Waals surface area contributed by atoms with Crippen LogP contribution in [-0.4, -0.2) is 15.8 Å². The van der Waals surface area contributed by atoms with Gasteiger partial charge in [-0.15, -0.1) is 0 Å². The minimum Gasteiger partial charge on any atom is -0.606 e. The van der Waals surface area contributed by atoms with Crippen molar-refractivity contribution >= 4 is 79.6 Å². The monoisotopic (exact) mass is 512 g/mol. The van der Waals surface area contributed by atoms with Gasteiger partial charge in [-0.1, -0.05) is 54.6 Å². The Kier molecular flexibility index (Phi) is 3.88. The lowest BCUT2D eigenvalue weighted by atomic mass is 9.33. The van der Waals surface area contributed by atoms with E-state index in [2.05, 4.69) is 52.3 Å². The van der Waals surface area contributed by atoms with Crippen LogP contribution in [0.2, 0.25) is 0 Å². The lowest BCUT2D eigenvalue weighted by molar-refractivity contribution is 0.593. The number of hydrogen-bond acceptors (Lipinski definition) is 4. The van der Waals surface area contributed by atoms with Gasteiger partial charge in [-0.3, -0.25) is 0 Å². The quantitative estimate of drug-likeness (QED) is 0.218. The van der Waals surface area contributed by atoms with Crippen LogP contribution in [0, 0.1) is 0 Å². The zero-order valence-electron chi connectivity index (χ0n) is 19.4. The molecule has 7 heteroatoms. The van der Waals surface area contributed by atoms with Gasteiger partial charge >= 0.3 is 0 Å². The summed E-state index contributed by atoms with van der Waals surface area (Å²) in [7, 11) is 0. The summed E-state index contributed by atoms with van der Waals surface area (Å²) in [6.45, 7) is -0.0480. The standard InChI is InChI=1S/C30H17BN2O2S2/c34-36-24-14-3-1-10-20(24)32-22-12-7-13-23-28(22)31(18-8-5-16-26(36)29(18)32)19-9-6-17-27-30(19)33(23)21-11-2-4-15-25(21)37(27)35/h1-17H. The minimum atomic E-state index is -1.27. The van der Waals surface area contributed by atoms with Crippen molar-refractivity contribution in [2.75, 3.05) is 9.80 Å². The fourth-order valence-corrected chi connectivity index (χ4v) is 9.35. The van der Waals surface area contributed by atoms with E-state index in [-0.39, 0.29) is 6.71 Å². The number of nitrogens with zero attached hydrogens (tertiary/aromatic N) is 2. The van der Waals surface area contributed by atoms with Gasteiger partial charge in [0.05, 0.1) is 11.4 Å². The Labute approximate surface area is 220 Å². The first-order valence-electron chi connectivity index (χ1n) is 12.2. The lowest BCUT2D eigenvalue weighted by Crippen LogP contribution is -2.62. The molecule has 0 saturated heterocycles. The molecule has 0 fully saturated rings. The third-order valence-corrected chi connectivity index (χ3v) is 10.9. The molecule has 174 valence electrons. The smallest absolute Gasteiger partial charge is 0.252 e.